The molecule has 9 nitrogen and oxygen atoms in total. The second-order valence-electron chi connectivity index (χ2n) is 10.2. The van der Waals surface area contributed by atoms with E-state index in [1.807, 2.05) is 18.7 Å². The zero-order valence-electron chi connectivity index (χ0n) is 20.7. The van der Waals surface area contributed by atoms with Gasteiger partial charge in [-0.25, -0.2) is 9.71 Å². The molecule has 2 atom stereocenters. The molecule has 0 bridgehead atoms. The second-order valence-corrected chi connectivity index (χ2v) is 11.9. The molecule has 0 aliphatic carbocycles. The first kappa shape index (κ1) is 27.1. The predicted molar refractivity (Wildman–Crippen MR) is 132 cm³/mol. The number of nitrogens with two attached hydrogens (primary N) is 1. The van der Waals surface area contributed by atoms with Gasteiger partial charge in [0.15, 0.2) is 0 Å². The molecule has 2 saturated heterocycles. The second kappa shape index (κ2) is 9.76. The van der Waals surface area contributed by atoms with E-state index < -0.39 is 33.8 Å². The minimum absolute atomic E-state index is 0.0423. The van der Waals surface area contributed by atoms with Gasteiger partial charge < -0.3 is 15.4 Å². The number of nitrogens with one attached hydrogen (secondary N) is 1. The Balaban J connectivity index is 1.72. The molecule has 0 unspecified atom stereocenters. The zero-order chi connectivity index (χ0) is 27.2. The molecule has 2 aliphatic heterocycles. The third-order valence-corrected chi connectivity index (χ3v) is 8.02. The maximum Gasteiger partial charge on any atom is 0.573 e. The van der Waals surface area contributed by atoms with Crippen LogP contribution in [0.2, 0.25) is 0 Å². The normalized spacial score (nSPS) is 22.3. The number of pyridine rings is 1. The highest BCUT2D eigenvalue weighted by Gasteiger charge is 2.40. The number of carbonyl (C=O) groups excluding carboxylic acids is 1. The first-order chi connectivity index (χ1) is 17.1. The Morgan fingerprint density at radius 3 is 2.54 bits per heavy atom. The number of benzene rings is 1. The van der Waals surface area contributed by atoms with Crippen LogP contribution in [0.4, 0.5) is 19.0 Å². The van der Waals surface area contributed by atoms with Gasteiger partial charge in [-0.2, -0.15) is 12.7 Å². The molecule has 2 fully saturated rings. The number of ether oxygens (including phenoxy) is 1. The number of nitrogens with zero attached hydrogens (tertiary/aromatic N) is 3. The van der Waals surface area contributed by atoms with Gasteiger partial charge in [0, 0.05) is 36.8 Å². The fourth-order valence-electron chi connectivity index (χ4n) is 5.01. The molecule has 0 radical (unpaired) electrons. The maximum atomic E-state index is 13.3. The molecule has 37 heavy (non-hydrogen) atoms. The SMILES string of the molecule is C[C@@H]1CN(c2nc(-c3cccc(OC(F)(F)F)c3)ccc2C(=O)NS(=O)(=O)N2CC[C@H](N)C2)C(C)(C)C1. The fraction of sp³-hybridized carbons (Fsp3) is 0.500. The average Bonchev–Trinajstić information content (AvgIpc) is 3.34. The number of amides is 1. The molecule has 202 valence electrons. The van der Waals surface area contributed by atoms with Crippen molar-refractivity contribution in [2.75, 3.05) is 24.5 Å². The molecular formula is C24H30F3N5O4S. The number of hydrogen-bond acceptors (Lipinski definition) is 7. The Hall–Kier alpha value is -2.90. The van der Waals surface area contributed by atoms with E-state index in [9.17, 15) is 26.4 Å². The van der Waals surface area contributed by atoms with Crippen LogP contribution in [0.15, 0.2) is 36.4 Å². The van der Waals surface area contributed by atoms with Crippen molar-refractivity contribution in [1.29, 1.82) is 0 Å². The Kier molecular flexibility index (Phi) is 7.16. The summed E-state index contributed by atoms with van der Waals surface area (Å²) >= 11 is 0. The lowest BCUT2D eigenvalue weighted by molar-refractivity contribution is -0.274. The number of rotatable bonds is 6. The van der Waals surface area contributed by atoms with Gasteiger partial charge in [-0.1, -0.05) is 19.1 Å². The molecule has 1 amide bonds. The summed E-state index contributed by atoms with van der Waals surface area (Å²) in [7, 11) is -4.12. The first-order valence-electron chi connectivity index (χ1n) is 11.9. The lowest BCUT2D eigenvalue weighted by atomic mass is 9.97. The molecule has 1 aromatic heterocycles. The van der Waals surface area contributed by atoms with Crippen LogP contribution >= 0.6 is 0 Å². The van der Waals surface area contributed by atoms with Crippen LogP contribution in [-0.4, -0.2) is 61.2 Å². The molecule has 2 aliphatic rings. The van der Waals surface area contributed by atoms with E-state index in [1.54, 1.807) is 6.07 Å². The number of carbonyl (C=O) groups is 1. The van der Waals surface area contributed by atoms with Crippen molar-refractivity contribution in [3.05, 3.63) is 42.0 Å². The van der Waals surface area contributed by atoms with Crippen LogP contribution in [-0.2, 0) is 10.2 Å². The van der Waals surface area contributed by atoms with E-state index in [4.69, 9.17) is 5.73 Å². The van der Waals surface area contributed by atoms with Crippen LogP contribution in [0.3, 0.4) is 0 Å². The predicted octanol–water partition coefficient (Wildman–Crippen LogP) is 3.28. The topological polar surface area (TPSA) is 118 Å². The van der Waals surface area contributed by atoms with Crippen LogP contribution in [0.5, 0.6) is 5.75 Å². The van der Waals surface area contributed by atoms with Crippen molar-refractivity contribution in [3.8, 4) is 17.0 Å². The van der Waals surface area contributed by atoms with E-state index in [0.29, 0.717) is 24.2 Å². The zero-order valence-corrected chi connectivity index (χ0v) is 21.6. The van der Waals surface area contributed by atoms with Crippen molar-refractivity contribution in [2.24, 2.45) is 11.7 Å². The summed E-state index contributed by atoms with van der Waals surface area (Å²) in [4.78, 5) is 19.9. The third-order valence-electron chi connectivity index (χ3n) is 6.56. The molecule has 13 heteroatoms. The monoisotopic (exact) mass is 541 g/mol. The summed E-state index contributed by atoms with van der Waals surface area (Å²) in [5.74, 6) is -0.728. The quantitative estimate of drug-likeness (QED) is 0.576. The largest absolute Gasteiger partial charge is 0.573 e. The standard InChI is InChI=1S/C24H30F3N5O4S/c1-15-12-23(2,3)32(13-15)21-19(22(33)30-37(34,35)31-10-9-17(28)14-31)7-8-20(29-21)16-5-4-6-18(11-16)36-24(25,26)27/h4-8,11,15,17H,9-10,12-14,28H2,1-3H3,(H,30,33)/t15-,17-/m0/s1. The molecule has 4 rings (SSSR count). The van der Waals surface area contributed by atoms with Gasteiger partial charge in [0.05, 0.1) is 11.3 Å². The van der Waals surface area contributed by atoms with Gasteiger partial charge in [-0.05, 0) is 56.9 Å². The van der Waals surface area contributed by atoms with Crippen LogP contribution in [0.25, 0.3) is 11.3 Å². The summed E-state index contributed by atoms with van der Waals surface area (Å²) in [6.07, 6.45) is -3.55. The summed E-state index contributed by atoms with van der Waals surface area (Å²) in [5.41, 5.74) is 6.12. The first-order valence-corrected chi connectivity index (χ1v) is 13.3. The van der Waals surface area contributed by atoms with Gasteiger partial charge in [0.25, 0.3) is 5.91 Å². The molecular weight excluding hydrogens is 511 g/mol. The Labute approximate surface area is 214 Å². The lowest BCUT2D eigenvalue weighted by Crippen LogP contribution is -2.44. The van der Waals surface area contributed by atoms with E-state index in [2.05, 4.69) is 21.4 Å². The molecule has 0 spiro atoms. The van der Waals surface area contributed by atoms with E-state index in [0.717, 1.165) is 10.7 Å². The summed E-state index contributed by atoms with van der Waals surface area (Å²) < 4.78 is 71.1. The number of hydrogen-bond donors (Lipinski definition) is 2. The molecule has 3 heterocycles. The minimum atomic E-state index is -4.85. The Morgan fingerprint density at radius 1 is 1.22 bits per heavy atom. The summed E-state index contributed by atoms with van der Waals surface area (Å²) in [5, 5.41) is 0. The number of alkyl halides is 3. The van der Waals surface area contributed by atoms with E-state index in [1.165, 1.54) is 30.3 Å². The number of anilines is 1. The van der Waals surface area contributed by atoms with Crippen molar-refractivity contribution < 1.29 is 31.1 Å². The van der Waals surface area contributed by atoms with Crippen molar-refractivity contribution in [1.82, 2.24) is 14.0 Å². The fourth-order valence-corrected chi connectivity index (χ4v) is 6.22. The van der Waals surface area contributed by atoms with Crippen LogP contribution < -0.4 is 20.1 Å². The highest BCUT2D eigenvalue weighted by atomic mass is 32.2. The van der Waals surface area contributed by atoms with Gasteiger partial charge in [-0.15, -0.1) is 13.2 Å². The molecule has 0 saturated carbocycles. The average molecular weight is 542 g/mol. The highest BCUT2D eigenvalue weighted by molar-refractivity contribution is 7.87. The molecule has 3 N–H and O–H groups in total. The van der Waals surface area contributed by atoms with Crippen molar-refractivity contribution in [2.45, 2.75) is 51.6 Å². The van der Waals surface area contributed by atoms with E-state index >= 15 is 0 Å². The lowest BCUT2D eigenvalue weighted by Gasteiger charge is -2.34. The van der Waals surface area contributed by atoms with Crippen LogP contribution in [0, 0.1) is 5.92 Å². The Morgan fingerprint density at radius 2 is 1.95 bits per heavy atom. The third kappa shape index (κ3) is 6.16. The Bertz CT molecular complexity index is 1290. The highest BCUT2D eigenvalue weighted by Crippen LogP contribution is 2.38. The molecule has 2 aromatic rings. The smallest absolute Gasteiger partial charge is 0.406 e. The van der Waals surface area contributed by atoms with Gasteiger partial charge >= 0.3 is 16.6 Å². The molecule has 1 aromatic carbocycles. The minimum Gasteiger partial charge on any atom is -0.406 e. The number of aromatic nitrogens is 1. The van der Waals surface area contributed by atoms with Gasteiger partial charge in [-0.3, -0.25) is 4.79 Å². The van der Waals surface area contributed by atoms with Gasteiger partial charge in [0.2, 0.25) is 0 Å². The van der Waals surface area contributed by atoms with E-state index in [-0.39, 0.29) is 36.4 Å². The van der Waals surface area contributed by atoms with Gasteiger partial charge in [0.1, 0.15) is 11.6 Å². The maximum absolute atomic E-state index is 13.3. The summed E-state index contributed by atoms with van der Waals surface area (Å²) in [6.45, 7) is 6.93. The summed E-state index contributed by atoms with van der Waals surface area (Å²) in [6, 6.07) is 7.98. The number of halogens is 3. The van der Waals surface area contributed by atoms with Crippen molar-refractivity contribution in [3.63, 3.8) is 0 Å². The van der Waals surface area contributed by atoms with Crippen LogP contribution in [0.1, 0.15) is 44.0 Å². The van der Waals surface area contributed by atoms with Crippen molar-refractivity contribution >= 4 is 21.9 Å².